The SMILES string of the molecule is CCON=C(CC)C1=C(O)CC(C(C)C)CC1=O. The third kappa shape index (κ3) is 3.34. The van der Waals surface area contributed by atoms with Crippen LogP contribution >= 0.6 is 0 Å². The van der Waals surface area contributed by atoms with Crippen molar-refractivity contribution < 1.29 is 14.7 Å². The first kappa shape index (κ1) is 14.7. The molecular formula is C14H23NO3. The zero-order chi connectivity index (χ0) is 13.7. The molecule has 0 bridgehead atoms. The van der Waals surface area contributed by atoms with Gasteiger partial charge in [-0.25, -0.2) is 0 Å². The Morgan fingerprint density at radius 2 is 2.11 bits per heavy atom. The lowest BCUT2D eigenvalue weighted by molar-refractivity contribution is -0.117. The topological polar surface area (TPSA) is 58.9 Å². The van der Waals surface area contributed by atoms with Crippen LogP contribution in [0.4, 0.5) is 0 Å². The van der Waals surface area contributed by atoms with E-state index in [1.165, 1.54) is 0 Å². The van der Waals surface area contributed by atoms with Crippen molar-refractivity contribution in [1.29, 1.82) is 0 Å². The Hall–Kier alpha value is -1.32. The average molecular weight is 253 g/mol. The fourth-order valence-electron chi connectivity index (χ4n) is 2.15. The van der Waals surface area contributed by atoms with Gasteiger partial charge in [-0.2, -0.15) is 0 Å². The van der Waals surface area contributed by atoms with E-state index in [-0.39, 0.29) is 17.5 Å². The molecular weight excluding hydrogens is 230 g/mol. The second kappa shape index (κ2) is 6.57. The number of hydrogen-bond acceptors (Lipinski definition) is 4. The third-order valence-corrected chi connectivity index (χ3v) is 3.34. The first-order chi connectivity index (χ1) is 8.51. The lowest BCUT2D eigenvalue weighted by Gasteiger charge is -2.26. The molecule has 102 valence electrons. The summed E-state index contributed by atoms with van der Waals surface area (Å²) in [5.74, 6) is 0.779. The van der Waals surface area contributed by atoms with Gasteiger partial charge in [-0.05, 0) is 25.2 Å². The molecule has 0 radical (unpaired) electrons. The number of Topliss-reactive ketones (excluding diaryl/α,β-unsaturated/α-hetero) is 1. The van der Waals surface area contributed by atoms with E-state index in [4.69, 9.17) is 4.84 Å². The molecule has 0 spiro atoms. The first-order valence-electron chi connectivity index (χ1n) is 6.65. The quantitative estimate of drug-likeness (QED) is 0.604. The Kier molecular flexibility index (Phi) is 5.38. The molecule has 4 nitrogen and oxygen atoms in total. The van der Waals surface area contributed by atoms with Gasteiger partial charge in [0.1, 0.15) is 12.4 Å². The summed E-state index contributed by atoms with van der Waals surface area (Å²) >= 11 is 0. The monoisotopic (exact) mass is 253 g/mol. The van der Waals surface area contributed by atoms with Gasteiger partial charge < -0.3 is 9.94 Å². The number of hydrogen-bond donors (Lipinski definition) is 1. The number of aliphatic hydroxyl groups excluding tert-OH is 1. The van der Waals surface area contributed by atoms with Crippen molar-refractivity contribution in [2.45, 2.75) is 47.0 Å². The molecule has 0 aromatic carbocycles. The molecule has 1 N–H and O–H groups in total. The van der Waals surface area contributed by atoms with Crippen LogP contribution < -0.4 is 0 Å². The van der Waals surface area contributed by atoms with E-state index in [9.17, 15) is 9.90 Å². The molecule has 0 aromatic rings. The maximum atomic E-state index is 12.1. The first-order valence-corrected chi connectivity index (χ1v) is 6.65. The van der Waals surface area contributed by atoms with Crippen LogP contribution in [-0.2, 0) is 9.63 Å². The van der Waals surface area contributed by atoms with Gasteiger partial charge >= 0.3 is 0 Å². The smallest absolute Gasteiger partial charge is 0.168 e. The van der Waals surface area contributed by atoms with E-state index >= 15 is 0 Å². The van der Waals surface area contributed by atoms with Crippen molar-refractivity contribution in [3.63, 3.8) is 0 Å². The lowest BCUT2D eigenvalue weighted by Crippen LogP contribution is -2.26. The molecule has 1 rings (SSSR count). The third-order valence-electron chi connectivity index (χ3n) is 3.34. The van der Waals surface area contributed by atoms with E-state index in [0.29, 0.717) is 43.1 Å². The van der Waals surface area contributed by atoms with Crippen molar-refractivity contribution in [2.24, 2.45) is 17.0 Å². The normalized spacial score (nSPS) is 21.7. The molecule has 4 heteroatoms. The number of oxime groups is 1. The van der Waals surface area contributed by atoms with E-state index in [2.05, 4.69) is 19.0 Å². The number of ketones is 1. The summed E-state index contributed by atoms with van der Waals surface area (Å²) in [4.78, 5) is 17.1. The number of rotatable bonds is 5. The molecule has 1 unspecified atom stereocenters. The van der Waals surface area contributed by atoms with E-state index < -0.39 is 0 Å². The maximum Gasteiger partial charge on any atom is 0.168 e. The van der Waals surface area contributed by atoms with Crippen molar-refractivity contribution in [2.75, 3.05) is 6.61 Å². The Labute approximate surface area is 109 Å². The standard InChI is InChI=1S/C14H23NO3/c1-5-11(15-18-6-2)14-12(16)7-10(9(3)4)8-13(14)17/h9-10,16H,5-8H2,1-4H3. The van der Waals surface area contributed by atoms with Gasteiger partial charge in [0.05, 0.1) is 11.3 Å². The van der Waals surface area contributed by atoms with Crippen LogP contribution in [0.25, 0.3) is 0 Å². The predicted octanol–water partition coefficient (Wildman–Crippen LogP) is 3.24. The van der Waals surface area contributed by atoms with Gasteiger partial charge in [-0.15, -0.1) is 0 Å². The Balaban J connectivity index is 2.99. The zero-order valence-corrected chi connectivity index (χ0v) is 11.7. The number of nitrogens with zero attached hydrogens (tertiary/aromatic N) is 1. The molecule has 18 heavy (non-hydrogen) atoms. The molecule has 1 aliphatic carbocycles. The van der Waals surface area contributed by atoms with Gasteiger partial charge in [-0.1, -0.05) is 25.9 Å². The van der Waals surface area contributed by atoms with Crippen molar-refractivity contribution in [3.8, 4) is 0 Å². The van der Waals surface area contributed by atoms with Gasteiger partial charge in [0.25, 0.3) is 0 Å². The van der Waals surface area contributed by atoms with Gasteiger partial charge in [0.2, 0.25) is 0 Å². The highest BCUT2D eigenvalue weighted by Crippen LogP contribution is 2.31. The van der Waals surface area contributed by atoms with Crippen LogP contribution in [0, 0.1) is 11.8 Å². The van der Waals surface area contributed by atoms with E-state index in [1.54, 1.807) is 0 Å². The minimum atomic E-state index is -0.0160. The number of allylic oxidation sites excluding steroid dienone is 2. The van der Waals surface area contributed by atoms with Crippen molar-refractivity contribution in [3.05, 3.63) is 11.3 Å². The molecule has 0 aliphatic heterocycles. The summed E-state index contributed by atoms with van der Waals surface area (Å²) in [6.45, 7) is 8.35. The molecule has 1 aliphatic rings. The maximum absolute atomic E-state index is 12.1. The van der Waals surface area contributed by atoms with Crippen LogP contribution in [0.15, 0.2) is 16.5 Å². The summed E-state index contributed by atoms with van der Waals surface area (Å²) in [6.07, 6.45) is 1.63. The second-order valence-corrected chi connectivity index (χ2v) is 4.97. The van der Waals surface area contributed by atoms with E-state index in [1.807, 2.05) is 13.8 Å². The van der Waals surface area contributed by atoms with E-state index in [0.717, 1.165) is 0 Å². The Morgan fingerprint density at radius 1 is 1.44 bits per heavy atom. The summed E-state index contributed by atoms with van der Waals surface area (Å²) in [7, 11) is 0. The Bertz CT molecular complexity index is 369. The summed E-state index contributed by atoms with van der Waals surface area (Å²) < 4.78 is 0. The largest absolute Gasteiger partial charge is 0.511 e. The highest BCUT2D eigenvalue weighted by Gasteiger charge is 2.31. The highest BCUT2D eigenvalue weighted by atomic mass is 16.6. The molecule has 0 heterocycles. The molecule has 0 saturated heterocycles. The van der Waals surface area contributed by atoms with Gasteiger partial charge in [-0.3, -0.25) is 4.79 Å². The highest BCUT2D eigenvalue weighted by molar-refractivity contribution is 6.22. The van der Waals surface area contributed by atoms with Crippen LogP contribution in [0.3, 0.4) is 0 Å². The van der Waals surface area contributed by atoms with Crippen LogP contribution in [-0.4, -0.2) is 23.2 Å². The minimum Gasteiger partial charge on any atom is -0.511 e. The molecule has 0 fully saturated rings. The van der Waals surface area contributed by atoms with Crippen LogP contribution in [0.1, 0.15) is 47.0 Å². The fourth-order valence-corrected chi connectivity index (χ4v) is 2.15. The average Bonchev–Trinajstić information content (AvgIpc) is 2.32. The number of aliphatic hydroxyl groups is 1. The van der Waals surface area contributed by atoms with Gasteiger partial charge in [0.15, 0.2) is 5.78 Å². The fraction of sp³-hybridized carbons (Fsp3) is 0.714. The predicted molar refractivity (Wildman–Crippen MR) is 71.6 cm³/mol. The zero-order valence-electron chi connectivity index (χ0n) is 11.7. The Morgan fingerprint density at radius 3 is 2.56 bits per heavy atom. The van der Waals surface area contributed by atoms with Crippen LogP contribution in [0.2, 0.25) is 0 Å². The molecule has 0 amide bonds. The minimum absolute atomic E-state index is 0.0160. The summed E-state index contributed by atoms with van der Waals surface area (Å²) in [5.41, 5.74) is 0.935. The summed E-state index contributed by atoms with van der Waals surface area (Å²) in [6, 6.07) is 0. The van der Waals surface area contributed by atoms with Crippen LogP contribution in [0.5, 0.6) is 0 Å². The summed E-state index contributed by atoms with van der Waals surface area (Å²) in [5, 5.41) is 14.0. The number of carbonyl (C=O) groups is 1. The number of carbonyl (C=O) groups excluding carboxylic acids is 1. The second-order valence-electron chi connectivity index (χ2n) is 4.97. The van der Waals surface area contributed by atoms with Crippen molar-refractivity contribution >= 4 is 11.5 Å². The molecule has 0 saturated carbocycles. The van der Waals surface area contributed by atoms with Gasteiger partial charge in [0, 0.05) is 12.8 Å². The molecule has 0 aromatic heterocycles. The molecule has 1 atom stereocenters. The lowest BCUT2D eigenvalue weighted by atomic mass is 9.79. The van der Waals surface area contributed by atoms with Crippen molar-refractivity contribution in [1.82, 2.24) is 0 Å².